The molecule has 0 N–H and O–H groups in total. The maximum absolute atomic E-state index is 10.9. The van der Waals surface area contributed by atoms with Gasteiger partial charge in [0.05, 0.1) is 4.92 Å². The Balaban J connectivity index is 3.69. The van der Waals surface area contributed by atoms with Crippen LogP contribution in [-0.2, 0) is 4.79 Å². The number of hydrogen-bond donors (Lipinski definition) is 0. The fourth-order valence-electron chi connectivity index (χ4n) is 2.23. The summed E-state index contributed by atoms with van der Waals surface area (Å²) in [6.45, 7) is 2.10. The highest BCUT2D eigenvalue weighted by molar-refractivity contribution is 5.50. The summed E-state index contributed by atoms with van der Waals surface area (Å²) >= 11 is 0. The lowest BCUT2D eigenvalue weighted by atomic mass is 10.1. The Morgan fingerprint density at radius 2 is 1.77 bits per heavy atom. The van der Waals surface area contributed by atoms with Crippen molar-refractivity contribution in [2.45, 2.75) is 84.0 Å². The first-order chi connectivity index (χ1) is 10.7. The van der Waals surface area contributed by atoms with Crippen molar-refractivity contribution in [1.29, 1.82) is 0 Å². The number of allylic oxidation sites excluding steroid dienone is 4. The third-order valence-electron chi connectivity index (χ3n) is 3.58. The first kappa shape index (κ1) is 20.6. The van der Waals surface area contributed by atoms with E-state index in [9.17, 15) is 14.9 Å². The smallest absolute Gasteiger partial charge is 0.242 e. The highest BCUT2D eigenvalue weighted by Gasteiger charge is 2.08. The van der Waals surface area contributed by atoms with Crippen molar-refractivity contribution >= 4 is 6.29 Å². The molecule has 0 unspecified atom stereocenters. The highest BCUT2D eigenvalue weighted by atomic mass is 16.6. The Morgan fingerprint density at radius 1 is 1.05 bits per heavy atom. The molecule has 22 heavy (non-hydrogen) atoms. The molecule has 0 rings (SSSR count). The van der Waals surface area contributed by atoms with E-state index in [1.807, 2.05) is 12.4 Å². The van der Waals surface area contributed by atoms with Crippen LogP contribution in [0.4, 0.5) is 0 Å². The third kappa shape index (κ3) is 13.5. The van der Waals surface area contributed by atoms with Crippen molar-refractivity contribution < 1.29 is 9.72 Å². The van der Waals surface area contributed by atoms with Gasteiger partial charge in [-0.15, -0.1) is 0 Å². The first-order valence-corrected chi connectivity index (χ1v) is 8.55. The van der Waals surface area contributed by atoms with E-state index >= 15 is 0 Å². The molecule has 0 aliphatic carbocycles. The quantitative estimate of drug-likeness (QED) is 0.173. The standard InChI is InChI=1S/C18H30NO3/c1-2-3-12-15-18(19(21)22)16-13-10-8-6-4-5-7-9-11-14-17-20/h8,10,16H,2-7,9,11-15H2,1H3/b10-8+,18-16-. The lowest BCUT2D eigenvalue weighted by Crippen LogP contribution is -1.98. The van der Waals surface area contributed by atoms with Gasteiger partial charge < -0.3 is 0 Å². The van der Waals surface area contributed by atoms with E-state index in [4.69, 9.17) is 0 Å². The summed E-state index contributed by atoms with van der Waals surface area (Å²) in [7, 11) is 0. The van der Waals surface area contributed by atoms with Crippen LogP contribution in [0, 0.1) is 10.1 Å². The van der Waals surface area contributed by atoms with Crippen LogP contribution in [0.1, 0.15) is 84.0 Å². The number of carbonyl (C=O) groups excluding carboxylic acids is 1. The molecule has 4 heteroatoms. The fourth-order valence-corrected chi connectivity index (χ4v) is 2.23. The van der Waals surface area contributed by atoms with E-state index in [0.717, 1.165) is 44.9 Å². The molecule has 0 amide bonds. The summed E-state index contributed by atoms with van der Waals surface area (Å²) < 4.78 is 0. The molecule has 0 atom stereocenters. The zero-order chi connectivity index (χ0) is 16.5. The van der Waals surface area contributed by atoms with Crippen LogP contribution in [0.5, 0.6) is 0 Å². The molecule has 0 aromatic rings. The molecule has 0 aromatic heterocycles. The molecule has 0 saturated carbocycles. The van der Waals surface area contributed by atoms with Gasteiger partial charge in [0.25, 0.3) is 0 Å². The van der Waals surface area contributed by atoms with Gasteiger partial charge in [-0.1, -0.05) is 51.2 Å². The fraction of sp³-hybridized carbons (Fsp3) is 0.722. The van der Waals surface area contributed by atoms with Gasteiger partial charge in [0, 0.05) is 12.8 Å². The largest absolute Gasteiger partial charge is 0.291 e. The number of rotatable bonds is 15. The summed E-state index contributed by atoms with van der Waals surface area (Å²) in [5.41, 5.74) is 0.352. The van der Waals surface area contributed by atoms with Crippen molar-refractivity contribution in [1.82, 2.24) is 0 Å². The van der Waals surface area contributed by atoms with Crippen LogP contribution in [0.2, 0.25) is 0 Å². The molecule has 0 aliphatic heterocycles. The second-order valence-electron chi connectivity index (χ2n) is 5.57. The maximum Gasteiger partial charge on any atom is 0.242 e. The van der Waals surface area contributed by atoms with Gasteiger partial charge in [-0.05, 0) is 38.2 Å². The summed E-state index contributed by atoms with van der Waals surface area (Å²) in [5.74, 6) is 0. The van der Waals surface area contributed by atoms with E-state index in [1.165, 1.54) is 12.8 Å². The van der Waals surface area contributed by atoms with Gasteiger partial charge in [0.2, 0.25) is 5.70 Å². The number of hydrogen-bond acceptors (Lipinski definition) is 3. The van der Waals surface area contributed by atoms with E-state index in [2.05, 4.69) is 13.0 Å². The van der Waals surface area contributed by atoms with Gasteiger partial charge in [-0.2, -0.15) is 0 Å². The molecule has 0 aromatic carbocycles. The molecule has 0 aliphatic rings. The highest BCUT2D eigenvalue weighted by Crippen LogP contribution is 2.11. The predicted octanol–water partition coefficient (Wildman–Crippen LogP) is 5.51. The van der Waals surface area contributed by atoms with Gasteiger partial charge in [-0.3, -0.25) is 14.9 Å². The van der Waals surface area contributed by atoms with E-state index < -0.39 is 0 Å². The molecule has 0 spiro atoms. The topological polar surface area (TPSA) is 60.2 Å². The molecule has 4 nitrogen and oxygen atoms in total. The third-order valence-corrected chi connectivity index (χ3v) is 3.58. The monoisotopic (exact) mass is 308 g/mol. The van der Waals surface area contributed by atoms with Crippen LogP contribution < -0.4 is 0 Å². The number of unbranched alkanes of at least 4 members (excludes halogenated alkanes) is 8. The molecule has 0 bridgehead atoms. The molecular weight excluding hydrogens is 278 g/mol. The van der Waals surface area contributed by atoms with Crippen LogP contribution in [0.25, 0.3) is 0 Å². The van der Waals surface area contributed by atoms with Crippen LogP contribution in [-0.4, -0.2) is 11.2 Å². The lowest BCUT2D eigenvalue weighted by Gasteiger charge is -1.98. The van der Waals surface area contributed by atoms with Crippen LogP contribution in [0.3, 0.4) is 0 Å². The summed E-state index contributed by atoms with van der Waals surface area (Å²) in [5, 5.41) is 10.9. The van der Waals surface area contributed by atoms with Crippen molar-refractivity contribution in [3.63, 3.8) is 0 Å². The van der Waals surface area contributed by atoms with Crippen molar-refractivity contribution in [3.05, 3.63) is 34.0 Å². The average Bonchev–Trinajstić information content (AvgIpc) is 2.50. The van der Waals surface area contributed by atoms with Gasteiger partial charge in [0.15, 0.2) is 6.29 Å². The minimum atomic E-state index is -0.250. The van der Waals surface area contributed by atoms with Crippen molar-refractivity contribution in [2.24, 2.45) is 0 Å². The maximum atomic E-state index is 10.9. The molecule has 0 fully saturated rings. The van der Waals surface area contributed by atoms with Gasteiger partial charge >= 0.3 is 0 Å². The zero-order valence-corrected chi connectivity index (χ0v) is 13.9. The zero-order valence-electron chi connectivity index (χ0n) is 13.9. The van der Waals surface area contributed by atoms with Gasteiger partial charge in [0.1, 0.15) is 0 Å². The van der Waals surface area contributed by atoms with E-state index in [0.29, 0.717) is 25.0 Å². The Bertz CT molecular complexity index is 348. The minimum Gasteiger partial charge on any atom is -0.291 e. The molecule has 0 heterocycles. The molecule has 1 radical (unpaired) electrons. The van der Waals surface area contributed by atoms with Crippen molar-refractivity contribution in [2.75, 3.05) is 0 Å². The predicted molar refractivity (Wildman–Crippen MR) is 91.0 cm³/mol. The Morgan fingerprint density at radius 3 is 2.45 bits per heavy atom. The SMILES string of the molecule is CCCCC/C(=C/C/C=C/CCCCCCC[C]=O)[N+](=O)[O-]. The average molecular weight is 308 g/mol. The van der Waals surface area contributed by atoms with E-state index in [-0.39, 0.29) is 4.92 Å². The Kier molecular flexibility index (Phi) is 14.9. The lowest BCUT2D eigenvalue weighted by molar-refractivity contribution is -0.428. The van der Waals surface area contributed by atoms with Crippen LogP contribution >= 0.6 is 0 Å². The Hall–Kier alpha value is -1.45. The van der Waals surface area contributed by atoms with Crippen molar-refractivity contribution in [3.8, 4) is 0 Å². The van der Waals surface area contributed by atoms with Crippen LogP contribution in [0.15, 0.2) is 23.9 Å². The second-order valence-corrected chi connectivity index (χ2v) is 5.57. The summed E-state index contributed by atoms with van der Waals surface area (Å²) in [4.78, 5) is 20.7. The molecule has 0 saturated heterocycles. The minimum absolute atomic E-state index is 0.250. The summed E-state index contributed by atoms with van der Waals surface area (Å²) in [6, 6.07) is 0. The molecule has 125 valence electrons. The second kappa shape index (κ2) is 15.9. The van der Waals surface area contributed by atoms with Gasteiger partial charge in [-0.25, -0.2) is 0 Å². The first-order valence-electron chi connectivity index (χ1n) is 8.55. The van der Waals surface area contributed by atoms with E-state index in [1.54, 1.807) is 6.08 Å². The normalized spacial score (nSPS) is 12.0. The number of nitro groups is 1. The Labute approximate surface area is 134 Å². The summed E-state index contributed by atoms with van der Waals surface area (Å²) in [6.07, 6.45) is 19.2. The number of nitrogens with zero attached hydrogens (tertiary/aromatic N) is 1. The molecular formula is C18H30NO3.